The molecular weight excluding hydrogens is 374 g/mol. The number of carboxylic acid groups (broad SMARTS) is 1. The molecular formula is C23H20ClNO3. The average molecular weight is 394 g/mol. The van der Waals surface area contributed by atoms with Gasteiger partial charge in [0.1, 0.15) is 12.4 Å². The highest BCUT2D eigenvalue weighted by Gasteiger charge is 2.06. The van der Waals surface area contributed by atoms with Gasteiger partial charge in [-0.05, 0) is 61.4 Å². The van der Waals surface area contributed by atoms with Crippen molar-refractivity contribution in [2.45, 2.75) is 20.5 Å². The zero-order valence-corrected chi connectivity index (χ0v) is 16.4. The van der Waals surface area contributed by atoms with E-state index in [0.717, 1.165) is 22.4 Å². The summed E-state index contributed by atoms with van der Waals surface area (Å²) >= 11 is 6.14. The third kappa shape index (κ3) is 4.99. The molecule has 3 aromatic carbocycles. The number of aromatic carboxylic acids is 1. The first-order valence-electron chi connectivity index (χ1n) is 8.78. The fourth-order valence-corrected chi connectivity index (χ4v) is 2.93. The maximum Gasteiger partial charge on any atom is 0.335 e. The molecule has 0 spiro atoms. The molecule has 28 heavy (non-hydrogen) atoms. The molecule has 0 aliphatic rings. The number of hydrogen-bond acceptors (Lipinski definition) is 3. The van der Waals surface area contributed by atoms with Crippen LogP contribution in [0.25, 0.3) is 0 Å². The summed E-state index contributed by atoms with van der Waals surface area (Å²) in [7, 11) is 0. The molecule has 0 radical (unpaired) electrons. The molecule has 0 aromatic heterocycles. The second kappa shape index (κ2) is 8.72. The van der Waals surface area contributed by atoms with Crippen molar-refractivity contribution in [1.29, 1.82) is 0 Å². The molecule has 3 aromatic rings. The van der Waals surface area contributed by atoms with E-state index in [0.29, 0.717) is 17.4 Å². The Balaban J connectivity index is 1.78. The molecule has 5 heteroatoms. The predicted molar refractivity (Wildman–Crippen MR) is 112 cm³/mol. The summed E-state index contributed by atoms with van der Waals surface area (Å²) in [5.74, 6) is -0.296. The minimum Gasteiger partial charge on any atom is -0.488 e. The molecule has 4 nitrogen and oxygen atoms in total. The van der Waals surface area contributed by atoms with Crippen LogP contribution in [0.5, 0.6) is 5.75 Å². The van der Waals surface area contributed by atoms with Crippen LogP contribution in [0, 0.1) is 13.8 Å². The highest BCUT2D eigenvalue weighted by atomic mass is 35.5. The summed E-state index contributed by atoms with van der Waals surface area (Å²) in [5, 5.41) is 9.57. The van der Waals surface area contributed by atoms with Gasteiger partial charge in [-0.3, -0.25) is 4.99 Å². The third-order valence-electron chi connectivity index (χ3n) is 4.26. The molecule has 0 fully saturated rings. The van der Waals surface area contributed by atoms with Gasteiger partial charge in [-0.15, -0.1) is 0 Å². The first-order chi connectivity index (χ1) is 13.4. The number of rotatable bonds is 6. The van der Waals surface area contributed by atoms with Crippen molar-refractivity contribution in [3.8, 4) is 5.75 Å². The van der Waals surface area contributed by atoms with Crippen molar-refractivity contribution in [2.24, 2.45) is 4.99 Å². The summed E-state index contributed by atoms with van der Waals surface area (Å²) in [4.78, 5) is 15.5. The normalized spacial score (nSPS) is 11.0. The number of ether oxygens (including phenoxy) is 1. The Bertz CT molecular complexity index is 1030. The van der Waals surface area contributed by atoms with Crippen molar-refractivity contribution < 1.29 is 14.6 Å². The van der Waals surface area contributed by atoms with Crippen LogP contribution in [-0.2, 0) is 6.61 Å². The van der Waals surface area contributed by atoms with Gasteiger partial charge in [-0.2, -0.15) is 0 Å². The van der Waals surface area contributed by atoms with Gasteiger partial charge >= 0.3 is 5.97 Å². The van der Waals surface area contributed by atoms with E-state index in [1.807, 2.05) is 26.0 Å². The molecule has 0 saturated carbocycles. The SMILES string of the molecule is Cc1ccc(N=Cc2cc(Cl)ccc2OCc2ccc(C(=O)O)cc2)c(C)c1. The second-order valence-electron chi connectivity index (χ2n) is 6.52. The number of carbonyl (C=O) groups is 1. The molecule has 0 aliphatic carbocycles. The predicted octanol–water partition coefficient (Wildman–Crippen LogP) is 5.98. The molecule has 0 unspecified atom stereocenters. The third-order valence-corrected chi connectivity index (χ3v) is 4.50. The zero-order chi connectivity index (χ0) is 20.1. The van der Waals surface area contributed by atoms with Gasteiger partial charge in [0.25, 0.3) is 0 Å². The Hall–Kier alpha value is -3.11. The first-order valence-corrected chi connectivity index (χ1v) is 9.16. The Morgan fingerprint density at radius 2 is 1.82 bits per heavy atom. The van der Waals surface area contributed by atoms with E-state index in [1.165, 1.54) is 5.56 Å². The van der Waals surface area contributed by atoms with Crippen LogP contribution < -0.4 is 4.74 Å². The van der Waals surface area contributed by atoms with Crippen LogP contribution in [0.1, 0.15) is 32.6 Å². The van der Waals surface area contributed by atoms with Crippen LogP contribution >= 0.6 is 11.6 Å². The van der Waals surface area contributed by atoms with Crippen LogP contribution in [0.3, 0.4) is 0 Å². The lowest BCUT2D eigenvalue weighted by molar-refractivity contribution is 0.0697. The molecule has 0 amide bonds. The molecule has 0 aliphatic heterocycles. The molecule has 0 saturated heterocycles. The molecule has 3 rings (SSSR count). The lowest BCUT2D eigenvalue weighted by Crippen LogP contribution is -2.00. The van der Waals surface area contributed by atoms with Gasteiger partial charge in [0, 0.05) is 16.8 Å². The average Bonchev–Trinajstić information content (AvgIpc) is 2.67. The van der Waals surface area contributed by atoms with Gasteiger partial charge in [-0.25, -0.2) is 4.79 Å². The lowest BCUT2D eigenvalue weighted by atomic mass is 10.1. The maximum absolute atomic E-state index is 10.9. The summed E-state index contributed by atoms with van der Waals surface area (Å²) in [6, 6.07) is 18.1. The van der Waals surface area contributed by atoms with Gasteiger partial charge in [0.2, 0.25) is 0 Å². The van der Waals surface area contributed by atoms with Crippen LogP contribution in [0.15, 0.2) is 65.7 Å². The fourth-order valence-electron chi connectivity index (χ4n) is 2.75. The molecule has 0 bridgehead atoms. The van der Waals surface area contributed by atoms with Gasteiger partial charge < -0.3 is 9.84 Å². The van der Waals surface area contributed by atoms with Crippen LogP contribution in [0.4, 0.5) is 5.69 Å². The van der Waals surface area contributed by atoms with Gasteiger partial charge in [-0.1, -0.05) is 41.4 Å². The summed E-state index contributed by atoms with van der Waals surface area (Å²) in [6.07, 6.45) is 1.74. The van der Waals surface area contributed by atoms with E-state index in [2.05, 4.69) is 11.1 Å². The summed E-state index contributed by atoms with van der Waals surface area (Å²) in [5.41, 5.74) is 5.07. The van der Waals surface area contributed by atoms with E-state index < -0.39 is 5.97 Å². The van der Waals surface area contributed by atoms with Crippen LogP contribution in [0.2, 0.25) is 5.02 Å². The lowest BCUT2D eigenvalue weighted by Gasteiger charge is -2.10. The number of aryl methyl sites for hydroxylation is 2. The van der Waals surface area contributed by atoms with Crippen molar-refractivity contribution >= 4 is 29.5 Å². The quantitative estimate of drug-likeness (QED) is 0.523. The van der Waals surface area contributed by atoms with Crippen molar-refractivity contribution in [3.63, 3.8) is 0 Å². The van der Waals surface area contributed by atoms with Crippen LogP contribution in [-0.4, -0.2) is 17.3 Å². The van der Waals surface area contributed by atoms with E-state index in [1.54, 1.807) is 48.7 Å². The molecule has 142 valence electrons. The first kappa shape index (κ1) is 19.6. The van der Waals surface area contributed by atoms with Gasteiger partial charge in [0.05, 0.1) is 11.3 Å². The van der Waals surface area contributed by atoms with Crippen molar-refractivity contribution in [2.75, 3.05) is 0 Å². The Morgan fingerprint density at radius 3 is 2.50 bits per heavy atom. The number of carboxylic acids is 1. The number of halogens is 1. The standard InChI is InChI=1S/C23H20ClNO3/c1-15-3-9-21(16(2)11-15)25-13-19-12-20(24)8-10-22(19)28-14-17-4-6-18(7-5-17)23(26)27/h3-13H,14H2,1-2H3,(H,26,27). The summed E-state index contributed by atoms with van der Waals surface area (Å²) < 4.78 is 5.92. The van der Waals surface area contributed by atoms with E-state index >= 15 is 0 Å². The number of aliphatic imine (C=N–C) groups is 1. The minimum absolute atomic E-state index is 0.247. The Morgan fingerprint density at radius 1 is 1.07 bits per heavy atom. The smallest absolute Gasteiger partial charge is 0.335 e. The Labute approximate surface area is 169 Å². The molecule has 0 heterocycles. The highest BCUT2D eigenvalue weighted by molar-refractivity contribution is 6.30. The van der Waals surface area contributed by atoms with E-state index in [-0.39, 0.29) is 5.56 Å². The summed E-state index contributed by atoms with van der Waals surface area (Å²) in [6.45, 7) is 4.38. The molecule has 0 atom stereocenters. The number of benzene rings is 3. The largest absolute Gasteiger partial charge is 0.488 e. The topological polar surface area (TPSA) is 58.9 Å². The fraction of sp³-hybridized carbons (Fsp3) is 0.130. The van der Waals surface area contributed by atoms with Crippen molar-refractivity contribution in [3.05, 3.63) is 93.5 Å². The van der Waals surface area contributed by atoms with E-state index in [4.69, 9.17) is 21.4 Å². The zero-order valence-electron chi connectivity index (χ0n) is 15.6. The van der Waals surface area contributed by atoms with Crippen molar-refractivity contribution in [1.82, 2.24) is 0 Å². The number of hydrogen-bond donors (Lipinski definition) is 1. The highest BCUT2D eigenvalue weighted by Crippen LogP contribution is 2.25. The Kier molecular flexibility index (Phi) is 6.12. The van der Waals surface area contributed by atoms with E-state index in [9.17, 15) is 4.79 Å². The minimum atomic E-state index is -0.949. The molecule has 1 N–H and O–H groups in total. The second-order valence-corrected chi connectivity index (χ2v) is 6.96. The monoisotopic (exact) mass is 393 g/mol. The maximum atomic E-state index is 10.9. The number of nitrogens with zero attached hydrogens (tertiary/aromatic N) is 1. The van der Waals surface area contributed by atoms with Gasteiger partial charge in [0.15, 0.2) is 0 Å².